The molecule has 3 aromatic rings. The van der Waals surface area contributed by atoms with Crippen LogP contribution in [-0.2, 0) is 19.9 Å². The molecule has 106 valence electrons. The van der Waals surface area contributed by atoms with Crippen LogP contribution in [0.1, 0.15) is 28.2 Å². The van der Waals surface area contributed by atoms with Gasteiger partial charge in [0, 0.05) is 29.2 Å². The molecule has 0 amide bonds. The Kier molecular flexibility index (Phi) is 2.45. The second-order valence-corrected chi connectivity index (χ2v) is 5.54. The van der Waals surface area contributed by atoms with Crippen LogP contribution in [0.25, 0.3) is 22.2 Å². The standard InChI is InChI=1S/C16H15N3O2/c1-19-15(8-14(18-19)16(20)21)9-5-6-13-11(7-9)10-3-2-4-12(10)17-13/h5-8,17H,2-4H2,1H3,(H,20,21). The number of aryl methyl sites for hydroxylation is 3. The van der Waals surface area contributed by atoms with Crippen molar-refractivity contribution in [2.45, 2.75) is 19.3 Å². The zero-order valence-corrected chi connectivity index (χ0v) is 11.7. The van der Waals surface area contributed by atoms with Crippen molar-refractivity contribution in [2.24, 2.45) is 7.05 Å². The summed E-state index contributed by atoms with van der Waals surface area (Å²) >= 11 is 0. The number of carboxylic acid groups (broad SMARTS) is 1. The van der Waals surface area contributed by atoms with Gasteiger partial charge in [0.1, 0.15) is 0 Å². The average Bonchev–Trinajstić information content (AvgIpc) is 3.11. The maximum atomic E-state index is 11.0. The van der Waals surface area contributed by atoms with Gasteiger partial charge in [0.25, 0.3) is 0 Å². The van der Waals surface area contributed by atoms with E-state index >= 15 is 0 Å². The van der Waals surface area contributed by atoms with E-state index in [9.17, 15) is 4.79 Å². The summed E-state index contributed by atoms with van der Waals surface area (Å²) in [5.74, 6) is -1.000. The van der Waals surface area contributed by atoms with E-state index in [1.54, 1.807) is 17.8 Å². The number of carboxylic acids is 1. The first-order valence-electron chi connectivity index (χ1n) is 7.04. The molecule has 0 radical (unpaired) electrons. The van der Waals surface area contributed by atoms with Crippen LogP contribution in [0, 0.1) is 0 Å². The van der Waals surface area contributed by atoms with Gasteiger partial charge < -0.3 is 10.1 Å². The third-order valence-corrected chi connectivity index (χ3v) is 4.24. The molecule has 0 saturated heterocycles. The van der Waals surface area contributed by atoms with Gasteiger partial charge in [-0.15, -0.1) is 0 Å². The maximum absolute atomic E-state index is 11.0. The number of aromatic nitrogens is 3. The lowest BCUT2D eigenvalue weighted by Crippen LogP contribution is -1.99. The summed E-state index contributed by atoms with van der Waals surface area (Å²) in [6, 6.07) is 7.84. The van der Waals surface area contributed by atoms with Crippen LogP contribution in [0.15, 0.2) is 24.3 Å². The number of hydrogen-bond donors (Lipinski definition) is 2. The normalized spacial score (nSPS) is 13.8. The van der Waals surface area contributed by atoms with Gasteiger partial charge in [-0.3, -0.25) is 4.68 Å². The van der Waals surface area contributed by atoms with E-state index in [0.717, 1.165) is 29.6 Å². The molecule has 0 atom stereocenters. The largest absolute Gasteiger partial charge is 0.476 e. The van der Waals surface area contributed by atoms with Gasteiger partial charge in [0.2, 0.25) is 0 Å². The quantitative estimate of drug-likeness (QED) is 0.758. The molecule has 1 aromatic carbocycles. The van der Waals surface area contributed by atoms with Crippen LogP contribution in [0.3, 0.4) is 0 Å². The molecule has 0 fully saturated rings. The first-order chi connectivity index (χ1) is 10.1. The zero-order valence-electron chi connectivity index (χ0n) is 11.7. The van der Waals surface area contributed by atoms with Crippen LogP contribution in [0.5, 0.6) is 0 Å². The van der Waals surface area contributed by atoms with E-state index in [2.05, 4.69) is 22.2 Å². The Morgan fingerprint density at radius 2 is 2.19 bits per heavy atom. The molecule has 0 unspecified atom stereocenters. The lowest BCUT2D eigenvalue weighted by atomic mass is 10.1. The fourth-order valence-corrected chi connectivity index (χ4v) is 3.25. The Bertz CT molecular complexity index is 873. The summed E-state index contributed by atoms with van der Waals surface area (Å²) < 4.78 is 1.62. The fraction of sp³-hybridized carbons (Fsp3) is 0.250. The number of nitrogens with zero attached hydrogens (tertiary/aromatic N) is 2. The van der Waals surface area contributed by atoms with Crippen molar-refractivity contribution in [3.05, 3.63) is 41.2 Å². The van der Waals surface area contributed by atoms with Gasteiger partial charge in [-0.05, 0) is 43.0 Å². The van der Waals surface area contributed by atoms with Gasteiger partial charge in [-0.2, -0.15) is 5.10 Å². The van der Waals surface area contributed by atoms with Crippen molar-refractivity contribution >= 4 is 16.9 Å². The number of aromatic amines is 1. The number of H-pyrrole nitrogens is 1. The summed E-state index contributed by atoms with van der Waals surface area (Å²) in [5.41, 5.74) is 5.81. The molecule has 0 saturated carbocycles. The second-order valence-electron chi connectivity index (χ2n) is 5.54. The molecule has 2 N–H and O–H groups in total. The van der Waals surface area contributed by atoms with Crippen molar-refractivity contribution in [3.63, 3.8) is 0 Å². The zero-order chi connectivity index (χ0) is 14.6. The molecular weight excluding hydrogens is 266 g/mol. The summed E-state index contributed by atoms with van der Waals surface area (Å²) in [5, 5.41) is 14.3. The fourth-order valence-electron chi connectivity index (χ4n) is 3.25. The average molecular weight is 281 g/mol. The number of fused-ring (bicyclic) bond motifs is 3. The molecule has 5 nitrogen and oxygen atoms in total. The summed E-state index contributed by atoms with van der Waals surface area (Å²) in [7, 11) is 1.77. The number of carbonyl (C=O) groups is 1. The highest BCUT2D eigenvalue weighted by atomic mass is 16.4. The first kappa shape index (κ1) is 12.2. The topological polar surface area (TPSA) is 70.9 Å². The molecule has 2 aromatic heterocycles. The highest BCUT2D eigenvalue weighted by molar-refractivity contribution is 5.91. The van der Waals surface area contributed by atoms with Gasteiger partial charge >= 0.3 is 5.97 Å². The van der Waals surface area contributed by atoms with Crippen molar-refractivity contribution in [2.75, 3.05) is 0 Å². The van der Waals surface area contributed by atoms with Crippen molar-refractivity contribution in [1.29, 1.82) is 0 Å². The SMILES string of the molecule is Cn1nc(C(=O)O)cc1-c1ccc2[nH]c3c(c2c1)CCC3. The Balaban J connectivity index is 1.89. The van der Waals surface area contributed by atoms with E-state index in [-0.39, 0.29) is 5.69 Å². The molecular formula is C16H15N3O2. The maximum Gasteiger partial charge on any atom is 0.356 e. The second kappa shape index (κ2) is 4.22. The first-order valence-corrected chi connectivity index (χ1v) is 7.04. The van der Waals surface area contributed by atoms with Crippen LogP contribution in [0.4, 0.5) is 0 Å². The Hall–Kier alpha value is -2.56. The predicted molar refractivity (Wildman–Crippen MR) is 79.5 cm³/mol. The minimum absolute atomic E-state index is 0.0758. The molecule has 0 aliphatic heterocycles. The van der Waals surface area contributed by atoms with Gasteiger partial charge in [0.15, 0.2) is 5.69 Å². The van der Waals surface area contributed by atoms with E-state index < -0.39 is 5.97 Å². The van der Waals surface area contributed by atoms with Crippen LogP contribution in [0.2, 0.25) is 0 Å². The van der Waals surface area contributed by atoms with Crippen LogP contribution in [-0.4, -0.2) is 25.8 Å². The highest BCUT2D eigenvalue weighted by Gasteiger charge is 2.18. The Morgan fingerprint density at radius 3 is 2.95 bits per heavy atom. The van der Waals surface area contributed by atoms with Gasteiger partial charge in [0.05, 0.1) is 5.69 Å². The third-order valence-electron chi connectivity index (χ3n) is 4.24. The summed E-state index contributed by atoms with van der Waals surface area (Å²) in [6.45, 7) is 0. The Labute approximate surface area is 121 Å². The van der Waals surface area contributed by atoms with Gasteiger partial charge in [-0.1, -0.05) is 6.07 Å². The van der Waals surface area contributed by atoms with E-state index in [1.165, 1.54) is 23.1 Å². The molecule has 4 rings (SSSR count). The molecule has 1 aliphatic carbocycles. The molecule has 2 heterocycles. The van der Waals surface area contributed by atoms with Crippen LogP contribution >= 0.6 is 0 Å². The molecule has 0 bridgehead atoms. The molecule has 1 aliphatic rings. The minimum Gasteiger partial charge on any atom is -0.476 e. The number of aromatic carboxylic acids is 1. The lowest BCUT2D eigenvalue weighted by molar-refractivity contribution is 0.0689. The van der Waals surface area contributed by atoms with Gasteiger partial charge in [-0.25, -0.2) is 4.79 Å². The number of benzene rings is 1. The number of nitrogens with one attached hydrogen (secondary N) is 1. The lowest BCUT2D eigenvalue weighted by Gasteiger charge is -2.03. The number of hydrogen-bond acceptors (Lipinski definition) is 2. The molecule has 5 heteroatoms. The van der Waals surface area contributed by atoms with Crippen molar-refractivity contribution in [1.82, 2.24) is 14.8 Å². The summed E-state index contributed by atoms with van der Waals surface area (Å²) in [4.78, 5) is 14.5. The van der Waals surface area contributed by atoms with E-state index in [0.29, 0.717) is 0 Å². The smallest absolute Gasteiger partial charge is 0.356 e. The number of rotatable bonds is 2. The molecule has 0 spiro atoms. The third kappa shape index (κ3) is 1.77. The van der Waals surface area contributed by atoms with Crippen LogP contribution < -0.4 is 0 Å². The van der Waals surface area contributed by atoms with E-state index in [4.69, 9.17) is 5.11 Å². The van der Waals surface area contributed by atoms with Crippen molar-refractivity contribution in [3.8, 4) is 11.3 Å². The molecule has 21 heavy (non-hydrogen) atoms. The minimum atomic E-state index is -1.000. The predicted octanol–water partition coefficient (Wildman–Crippen LogP) is 2.76. The summed E-state index contributed by atoms with van der Waals surface area (Å²) in [6.07, 6.45) is 3.44. The highest BCUT2D eigenvalue weighted by Crippen LogP contribution is 2.33. The van der Waals surface area contributed by atoms with Crippen molar-refractivity contribution < 1.29 is 9.90 Å². The monoisotopic (exact) mass is 281 g/mol. The Morgan fingerprint density at radius 1 is 1.33 bits per heavy atom. The van der Waals surface area contributed by atoms with E-state index in [1.807, 2.05) is 6.07 Å².